The highest BCUT2D eigenvalue weighted by atomic mass is 32.2. The van der Waals surface area contributed by atoms with E-state index < -0.39 is 10.0 Å². The molecule has 0 unspecified atom stereocenters. The van der Waals surface area contributed by atoms with Crippen LogP contribution in [0, 0.1) is 6.92 Å². The molecule has 2 rings (SSSR count). The summed E-state index contributed by atoms with van der Waals surface area (Å²) in [7, 11) is -3.69. The normalized spacial score (nSPS) is 11.3. The maximum absolute atomic E-state index is 11.4. The van der Waals surface area contributed by atoms with Crippen molar-refractivity contribution in [3.63, 3.8) is 0 Å². The largest absolute Gasteiger partial charge is 0.381 e. The summed E-state index contributed by atoms with van der Waals surface area (Å²) in [6, 6.07) is 8.78. The minimum atomic E-state index is -3.69. The van der Waals surface area contributed by atoms with Gasteiger partial charge in [-0.3, -0.25) is 4.98 Å². The summed E-state index contributed by atoms with van der Waals surface area (Å²) < 4.78 is 22.8. The Balaban J connectivity index is 2.23. The smallest absolute Gasteiger partial charge is 0.238 e. The number of hydrogen-bond donors (Lipinski definition) is 2. The first-order valence-corrected chi connectivity index (χ1v) is 7.28. The maximum atomic E-state index is 11.4. The third-order valence-electron chi connectivity index (χ3n) is 2.82. The number of nitrogens with two attached hydrogens (primary N) is 1. The van der Waals surface area contributed by atoms with Crippen molar-refractivity contribution in [3.05, 3.63) is 53.9 Å². The minimum absolute atomic E-state index is 0.146. The van der Waals surface area contributed by atoms with Crippen molar-refractivity contribution in [1.29, 1.82) is 0 Å². The van der Waals surface area contributed by atoms with Crippen molar-refractivity contribution in [2.75, 3.05) is 5.32 Å². The topological polar surface area (TPSA) is 85.1 Å². The van der Waals surface area contributed by atoms with Crippen LogP contribution in [-0.4, -0.2) is 13.4 Å². The van der Waals surface area contributed by atoms with Crippen LogP contribution in [0.4, 0.5) is 5.69 Å². The Morgan fingerprint density at radius 1 is 1.21 bits per heavy atom. The molecule has 2 aromatic rings. The lowest BCUT2D eigenvalue weighted by molar-refractivity contribution is 0.597. The Kier molecular flexibility index (Phi) is 3.82. The molecule has 6 heteroatoms. The van der Waals surface area contributed by atoms with Gasteiger partial charge < -0.3 is 5.32 Å². The van der Waals surface area contributed by atoms with Gasteiger partial charge in [-0.25, -0.2) is 13.6 Å². The zero-order valence-electron chi connectivity index (χ0n) is 10.5. The van der Waals surface area contributed by atoms with Gasteiger partial charge in [-0.1, -0.05) is 6.07 Å². The fourth-order valence-corrected chi connectivity index (χ4v) is 2.62. The van der Waals surface area contributed by atoms with Crippen LogP contribution >= 0.6 is 0 Å². The molecule has 0 radical (unpaired) electrons. The fraction of sp³-hybridized carbons (Fsp3) is 0.154. The van der Waals surface area contributed by atoms with Gasteiger partial charge >= 0.3 is 0 Å². The van der Waals surface area contributed by atoms with E-state index in [4.69, 9.17) is 5.14 Å². The van der Waals surface area contributed by atoms with Crippen molar-refractivity contribution in [3.8, 4) is 0 Å². The van der Waals surface area contributed by atoms with E-state index in [0.717, 1.165) is 11.3 Å². The summed E-state index contributed by atoms with van der Waals surface area (Å²) in [6.45, 7) is 2.33. The number of anilines is 1. The summed E-state index contributed by atoms with van der Waals surface area (Å²) in [6.07, 6.45) is 3.43. The van der Waals surface area contributed by atoms with E-state index in [2.05, 4.69) is 10.3 Å². The Morgan fingerprint density at radius 3 is 2.53 bits per heavy atom. The summed E-state index contributed by atoms with van der Waals surface area (Å²) in [4.78, 5) is 4.09. The second kappa shape index (κ2) is 5.38. The molecule has 5 nitrogen and oxygen atoms in total. The highest BCUT2D eigenvalue weighted by molar-refractivity contribution is 7.89. The van der Waals surface area contributed by atoms with Gasteiger partial charge in [0.05, 0.1) is 4.90 Å². The van der Waals surface area contributed by atoms with Crippen LogP contribution in [0.25, 0.3) is 0 Å². The Morgan fingerprint density at radius 2 is 1.89 bits per heavy atom. The number of rotatable bonds is 4. The Labute approximate surface area is 112 Å². The molecular weight excluding hydrogens is 262 g/mol. The van der Waals surface area contributed by atoms with Gasteiger partial charge in [-0.15, -0.1) is 0 Å². The molecule has 100 valence electrons. The van der Waals surface area contributed by atoms with Gasteiger partial charge in [-0.05, 0) is 42.3 Å². The molecule has 0 saturated heterocycles. The first-order valence-electron chi connectivity index (χ1n) is 5.73. The monoisotopic (exact) mass is 277 g/mol. The van der Waals surface area contributed by atoms with Crippen molar-refractivity contribution in [1.82, 2.24) is 4.98 Å². The average Bonchev–Trinajstić information content (AvgIpc) is 2.37. The van der Waals surface area contributed by atoms with Crippen molar-refractivity contribution >= 4 is 15.7 Å². The maximum Gasteiger partial charge on any atom is 0.238 e. The lowest BCUT2D eigenvalue weighted by Gasteiger charge is -2.12. The number of pyridine rings is 1. The van der Waals surface area contributed by atoms with Crippen molar-refractivity contribution in [2.24, 2.45) is 5.14 Å². The molecule has 0 atom stereocenters. The minimum Gasteiger partial charge on any atom is -0.381 e. The van der Waals surface area contributed by atoms with Crippen LogP contribution in [0.15, 0.2) is 47.6 Å². The molecule has 0 aliphatic rings. The van der Waals surface area contributed by atoms with Crippen LogP contribution in [0.2, 0.25) is 0 Å². The predicted octanol–water partition coefficient (Wildman–Crippen LogP) is 1.65. The van der Waals surface area contributed by atoms with E-state index >= 15 is 0 Å². The fourth-order valence-electron chi connectivity index (χ4n) is 1.81. The summed E-state index contributed by atoms with van der Waals surface area (Å²) >= 11 is 0. The number of hydrogen-bond acceptors (Lipinski definition) is 4. The van der Waals surface area contributed by atoms with Gasteiger partial charge in [0.2, 0.25) is 10.0 Å². The molecule has 1 heterocycles. The molecule has 0 aliphatic carbocycles. The molecule has 0 saturated carbocycles. The molecule has 0 amide bonds. The quantitative estimate of drug-likeness (QED) is 0.889. The number of nitrogens with zero attached hydrogens (tertiary/aromatic N) is 1. The first kappa shape index (κ1) is 13.5. The van der Waals surface area contributed by atoms with Gasteiger partial charge in [0, 0.05) is 24.6 Å². The highest BCUT2D eigenvalue weighted by Crippen LogP contribution is 2.22. The molecular formula is C13H15N3O2S. The lowest BCUT2D eigenvalue weighted by atomic mass is 10.2. The van der Waals surface area contributed by atoms with Crippen LogP contribution in [0.1, 0.15) is 11.1 Å². The molecule has 0 bridgehead atoms. The van der Waals surface area contributed by atoms with E-state index in [1.54, 1.807) is 25.4 Å². The average molecular weight is 277 g/mol. The molecule has 1 aromatic carbocycles. The number of aromatic nitrogens is 1. The second-order valence-electron chi connectivity index (χ2n) is 4.18. The van der Waals surface area contributed by atoms with Crippen LogP contribution < -0.4 is 10.5 Å². The molecule has 0 aliphatic heterocycles. The van der Waals surface area contributed by atoms with Gasteiger partial charge in [0.1, 0.15) is 0 Å². The predicted molar refractivity (Wildman–Crippen MR) is 74.1 cm³/mol. The van der Waals surface area contributed by atoms with Crippen LogP contribution in [0.3, 0.4) is 0 Å². The Hall–Kier alpha value is -1.92. The number of nitrogens with one attached hydrogen (secondary N) is 1. The number of sulfonamides is 1. The van der Waals surface area contributed by atoms with E-state index in [-0.39, 0.29) is 4.90 Å². The van der Waals surface area contributed by atoms with E-state index in [1.807, 2.05) is 18.2 Å². The van der Waals surface area contributed by atoms with Gasteiger partial charge in [-0.2, -0.15) is 0 Å². The third-order valence-corrected chi connectivity index (χ3v) is 3.88. The van der Waals surface area contributed by atoms with Crippen molar-refractivity contribution in [2.45, 2.75) is 18.4 Å². The summed E-state index contributed by atoms with van der Waals surface area (Å²) in [5.74, 6) is 0. The number of primary sulfonamides is 1. The van der Waals surface area contributed by atoms with E-state index in [0.29, 0.717) is 12.1 Å². The van der Waals surface area contributed by atoms with Gasteiger partial charge in [0.25, 0.3) is 0 Å². The van der Waals surface area contributed by atoms with Crippen LogP contribution in [-0.2, 0) is 16.6 Å². The van der Waals surface area contributed by atoms with Gasteiger partial charge in [0.15, 0.2) is 0 Å². The first-order chi connectivity index (χ1) is 8.98. The molecule has 0 spiro atoms. The van der Waals surface area contributed by atoms with Crippen molar-refractivity contribution < 1.29 is 8.42 Å². The third kappa shape index (κ3) is 3.30. The van der Waals surface area contributed by atoms with E-state index in [1.165, 1.54) is 6.07 Å². The molecule has 19 heavy (non-hydrogen) atoms. The molecule has 3 N–H and O–H groups in total. The second-order valence-corrected chi connectivity index (χ2v) is 5.71. The zero-order chi connectivity index (χ0) is 13.9. The summed E-state index contributed by atoms with van der Waals surface area (Å²) in [5.41, 5.74) is 2.44. The number of benzene rings is 1. The zero-order valence-corrected chi connectivity index (χ0v) is 11.3. The molecule has 0 fully saturated rings. The lowest BCUT2D eigenvalue weighted by Crippen LogP contribution is -2.14. The Bertz CT molecular complexity index is 670. The SMILES string of the molecule is Cc1c(NCc2ccncc2)cccc1S(N)(=O)=O. The summed E-state index contributed by atoms with van der Waals surface area (Å²) in [5, 5.41) is 8.36. The standard InChI is InChI=1S/C13H15N3O2S/c1-10-12(3-2-4-13(10)19(14,17)18)16-9-11-5-7-15-8-6-11/h2-8,16H,9H2,1H3,(H2,14,17,18). The highest BCUT2D eigenvalue weighted by Gasteiger charge is 2.13. The van der Waals surface area contributed by atoms with Crippen LogP contribution in [0.5, 0.6) is 0 Å². The molecule has 1 aromatic heterocycles. The van der Waals surface area contributed by atoms with E-state index in [9.17, 15) is 8.42 Å².